The van der Waals surface area contributed by atoms with Crippen molar-refractivity contribution in [1.82, 2.24) is 38.8 Å². The molecule has 11 heteroatoms. The van der Waals surface area contributed by atoms with Crippen molar-refractivity contribution >= 4 is 22.5 Å². The Hall–Kier alpha value is -3.78. The lowest BCUT2D eigenvalue weighted by molar-refractivity contribution is 0.0988. The zero-order valence-electron chi connectivity index (χ0n) is 20.5. The number of fused-ring (bicyclic) bond motifs is 2. The first-order valence-electron chi connectivity index (χ1n) is 12.1. The van der Waals surface area contributed by atoms with Crippen molar-refractivity contribution in [3.8, 4) is 6.07 Å². The summed E-state index contributed by atoms with van der Waals surface area (Å²) in [4.78, 5) is 26.8. The van der Waals surface area contributed by atoms with Crippen molar-refractivity contribution in [3.05, 3.63) is 46.9 Å². The molecule has 1 aliphatic heterocycles. The molecule has 1 fully saturated rings. The van der Waals surface area contributed by atoms with E-state index >= 15 is 0 Å². The molecule has 1 aliphatic rings. The van der Waals surface area contributed by atoms with Gasteiger partial charge in [0.25, 0.3) is 0 Å². The Bertz CT molecular complexity index is 1460. The maximum atomic E-state index is 12.7. The van der Waals surface area contributed by atoms with Gasteiger partial charge in [0.15, 0.2) is 17.0 Å². The molecule has 0 aromatic carbocycles. The van der Waals surface area contributed by atoms with Crippen LogP contribution in [0.3, 0.4) is 0 Å². The molecular formula is C24H30N10O. The van der Waals surface area contributed by atoms with Gasteiger partial charge in [0.1, 0.15) is 6.54 Å². The van der Waals surface area contributed by atoms with Gasteiger partial charge in [-0.2, -0.15) is 20.4 Å². The molecule has 0 N–H and O–H groups in total. The van der Waals surface area contributed by atoms with Crippen molar-refractivity contribution in [1.29, 1.82) is 5.26 Å². The van der Waals surface area contributed by atoms with Crippen LogP contribution in [0.5, 0.6) is 0 Å². The third-order valence-electron chi connectivity index (χ3n) is 7.20. The Kier molecular flexibility index (Phi) is 5.98. The summed E-state index contributed by atoms with van der Waals surface area (Å²) in [5.41, 5.74) is 2.88. The Morgan fingerprint density at radius 1 is 1.17 bits per heavy atom. The van der Waals surface area contributed by atoms with Crippen molar-refractivity contribution < 1.29 is 0 Å². The molecule has 11 nitrogen and oxygen atoms in total. The molecule has 0 spiro atoms. The van der Waals surface area contributed by atoms with E-state index in [4.69, 9.17) is 10.2 Å². The second kappa shape index (κ2) is 9.11. The normalized spacial score (nSPS) is 19.9. The summed E-state index contributed by atoms with van der Waals surface area (Å²) in [7, 11) is 1.69. The molecule has 182 valence electrons. The van der Waals surface area contributed by atoms with E-state index in [1.807, 2.05) is 18.3 Å². The highest BCUT2D eigenvalue weighted by Crippen LogP contribution is 2.33. The Morgan fingerprint density at radius 2 is 1.97 bits per heavy atom. The summed E-state index contributed by atoms with van der Waals surface area (Å²) in [6, 6.07) is 6.60. The van der Waals surface area contributed by atoms with E-state index in [9.17, 15) is 4.79 Å². The van der Waals surface area contributed by atoms with E-state index in [0.29, 0.717) is 16.9 Å². The highest BCUT2D eigenvalue weighted by Gasteiger charge is 2.37. The molecule has 0 unspecified atom stereocenters. The number of anilines is 1. The molecule has 0 aliphatic carbocycles. The number of nitrogens with zero attached hydrogens (tertiary/aromatic N) is 10. The molecule has 0 bridgehead atoms. The van der Waals surface area contributed by atoms with Gasteiger partial charge in [-0.1, -0.05) is 13.8 Å². The predicted octanol–water partition coefficient (Wildman–Crippen LogP) is 2.14. The van der Waals surface area contributed by atoms with Gasteiger partial charge < -0.3 is 4.90 Å². The van der Waals surface area contributed by atoms with Crippen LogP contribution in [0.2, 0.25) is 0 Å². The van der Waals surface area contributed by atoms with Crippen LogP contribution in [-0.2, 0) is 13.6 Å². The minimum absolute atomic E-state index is 0.122. The Labute approximate surface area is 203 Å². The number of aromatic nitrogens is 7. The molecule has 1 saturated heterocycles. The van der Waals surface area contributed by atoms with Crippen LogP contribution in [-0.4, -0.2) is 64.0 Å². The van der Waals surface area contributed by atoms with Crippen molar-refractivity contribution in [2.45, 2.75) is 58.3 Å². The number of nitriles is 1. The van der Waals surface area contributed by atoms with Gasteiger partial charge in [0.2, 0.25) is 0 Å². The summed E-state index contributed by atoms with van der Waals surface area (Å²) in [6.07, 6.45) is 7.31. The Morgan fingerprint density at radius 3 is 2.71 bits per heavy atom. The lowest BCUT2D eigenvalue weighted by atomic mass is 9.99. The molecule has 3 atom stereocenters. The fourth-order valence-electron chi connectivity index (χ4n) is 5.14. The zero-order chi connectivity index (χ0) is 24.7. The van der Waals surface area contributed by atoms with E-state index in [1.54, 1.807) is 28.6 Å². The second-order valence-corrected chi connectivity index (χ2v) is 9.13. The van der Waals surface area contributed by atoms with Gasteiger partial charge in [-0.05, 0) is 25.8 Å². The molecule has 0 saturated carbocycles. The van der Waals surface area contributed by atoms with Crippen molar-refractivity contribution in [3.63, 3.8) is 0 Å². The molecule has 35 heavy (non-hydrogen) atoms. The lowest BCUT2D eigenvalue weighted by Gasteiger charge is -2.48. The summed E-state index contributed by atoms with van der Waals surface area (Å²) in [5.74, 6) is 0.608. The molecule has 5 rings (SSSR count). The van der Waals surface area contributed by atoms with Crippen LogP contribution in [0, 0.1) is 11.3 Å². The predicted molar refractivity (Wildman–Crippen MR) is 132 cm³/mol. The first kappa shape index (κ1) is 23.0. The number of hydrogen-bond acceptors (Lipinski definition) is 8. The number of rotatable bonds is 6. The maximum Gasteiger partial charge on any atom is 0.349 e. The standard InChI is InChI=1S/C24H30N10O/c1-5-17-14-33(23-22-20(30(4)24(35)28-23)15-31(29-22)12-9-25)18(6-2)13-32(17)16(3)19-8-11-34-21(27-19)7-10-26-34/h7-8,10-11,15-18H,5-6,12-14H2,1-4H3/t16-,17+,18-/m0/s1. The van der Waals surface area contributed by atoms with Gasteiger partial charge >= 0.3 is 5.69 Å². The third kappa shape index (κ3) is 3.93. The van der Waals surface area contributed by atoms with Crippen LogP contribution in [0.15, 0.2) is 35.5 Å². The molecule has 5 heterocycles. The van der Waals surface area contributed by atoms with Crippen LogP contribution >= 0.6 is 0 Å². The number of piperazine rings is 1. The van der Waals surface area contributed by atoms with Gasteiger partial charge in [-0.25, -0.2) is 14.3 Å². The van der Waals surface area contributed by atoms with Crippen LogP contribution in [0.25, 0.3) is 16.7 Å². The molecule has 4 aromatic rings. The second-order valence-electron chi connectivity index (χ2n) is 9.13. The van der Waals surface area contributed by atoms with Crippen LogP contribution in [0.1, 0.15) is 45.3 Å². The molecule has 4 aromatic heterocycles. The monoisotopic (exact) mass is 474 g/mol. The zero-order valence-corrected chi connectivity index (χ0v) is 20.5. The first-order valence-corrected chi connectivity index (χ1v) is 12.1. The molecule has 0 radical (unpaired) electrons. The van der Waals surface area contributed by atoms with Crippen LogP contribution < -0.4 is 10.6 Å². The van der Waals surface area contributed by atoms with Crippen LogP contribution in [0.4, 0.5) is 5.82 Å². The van der Waals surface area contributed by atoms with E-state index in [1.165, 1.54) is 4.57 Å². The summed E-state index contributed by atoms with van der Waals surface area (Å²) >= 11 is 0. The third-order valence-corrected chi connectivity index (χ3v) is 7.20. The van der Waals surface area contributed by atoms with Gasteiger partial charge in [0, 0.05) is 50.5 Å². The SMILES string of the molecule is CC[C@H]1CN([C@@H](C)c2ccn3nccc3n2)[C@H](CC)CN1c1nc(=O)n(C)c2cn(CC#N)nc12. The molecule has 0 amide bonds. The van der Waals surface area contributed by atoms with Crippen molar-refractivity contribution in [2.75, 3.05) is 18.0 Å². The van der Waals surface area contributed by atoms with E-state index < -0.39 is 0 Å². The average Bonchev–Trinajstić information content (AvgIpc) is 3.52. The largest absolute Gasteiger partial charge is 0.349 e. The van der Waals surface area contributed by atoms with Gasteiger partial charge in [-0.3, -0.25) is 14.1 Å². The highest BCUT2D eigenvalue weighted by atomic mass is 16.1. The highest BCUT2D eigenvalue weighted by molar-refractivity contribution is 5.85. The van der Waals surface area contributed by atoms with Gasteiger partial charge in [-0.15, -0.1) is 0 Å². The minimum atomic E-state index is -0.319. The summed E-state index contributed by atoms with van der Waals surface area (Å²) < 4.78 is 4.84. The van der Waals surface area contributed by atoms with E-state index in [2.05, 4.69) is 51.8 Å². The first-order chi connectivity index (χ1) is 16.9. The smallest absolute Gasteiger partial charge is 0.349 e. The number of hydrogen-bond donors (Lipinski definition) is 0. The topological polar surface area (TPSA) is 113 Å². The average molecular weight is 475 g/mol. The summed E-state index contributed by atoms with van der Waals surface area (Å²) in [6.45, 7) is 8.23. The quantitative estimate of drug-likeness (QED) is 0.418. The molecular weight excluding hydrogens is 444 g/mol. The number of aryl methyl sites for hydroxylation is 1. The Balaban J connectivity index is 1.51. The van der Waals surface area contributed by atoms with E-state index in [-0.39, 0.29) is 30.4 Å². The lowest BCUT2D eigenvalue weighted by Crippen LogP contribution is -2.59. The van der Waals surface area contributed by atoms with Gasteiger partial charge in [0.05, 0.1) is 29.7 Å². The fraction of sp³-hybridized carbons (Fsp3) is 0.500. The summed E-state index contributed by atoms with van der Waals surface area (Å²) in [5, 5.41) is 18.0. The maximum absolute atomic E-state index is 12.7. The fourth-order valence-corrected chi connectivity index (χ4v) is 5.14. The van der Waals surface area contributed by atoms with Crippen molar-refractivity contribution in [2.24, 2.45) is 7.05 Å². The van der Waals surface area contributed by atoms with E-state index in [0.717, 1.165) is 37.3 Å². The minimum Gasteiger partial charge on any atom is -0.349 e.